The summed E-state index contributed by atoms with van der Waals surface area (Å²) in [5.74, 6) is -0.279. The number of hydrogen-bond acceptors (Lipinski definition) is 2. The number of anilines is 1. The van der Waals surface area contributed by atoms with Gasteiger partial charge in [-0.2, -0.15) is 0 Å². The van der Waals surface area contributed by atoms with Crippen molar-refractivity contribution in [2.24, 2.45) is 0 Å². The second-order valence-electron chi connectivity index (χ2n) is 5.44. The largest absolute Gasteiger partial charge is 0.364 e. The highest BCUT2D eigenvalue weighted by molar-refractivity contribution is 5.99. The lowest BCUT2D eigenvalue weighted by Crippen LogP contribution is -2.30. The molecule has 108 valence electrons. The average molecular weight is 283 g/mol. The Kier molecular flexibility index (Phi) is 4.00. The molecule has 2 aromatic carbocycles. The molecule has 21 heavy (non-hydrogen) atoms. The van der Waals surface area contributed by atoms with Gasteiger partial charge in [-0.3, -0.25) is 4.79 Å². The molecule has 0 fully saturated rings. The SMILES string of the molecule is O=C(CN1CCCCc2ccccc21)c1ccc(F)cc1. The Balaban J connectivity index is 1.81. The minimum Gasteiger partial charge on any atom is -0.364 e. The van der Waals surface area contributed by atoms with E-state index in [0.717, 1.165) is 31.5 Å². The van der Waals surface area contributed by atoms with E-state index in [1.807, 2.05) is 12.1 Å². The monoisotopic (exact) mass is 283 g/mol. The molecule has 0 aromatic heterocycles. The van der Waals surface area contributed by atoms with E-state index in [0.29, 0.717) is 12.1 Å². The number of para-hydroxylation sites is 1. The molecule has 0 spiro atoms. The third-order valence-corrected chi connectivity index (χ3v) is 3.96. The van der Waals surface area contributed by atoms with Crippen molar-refractivity contribution in [2.75, 3.05) is 18.0 Å². The van der Waals surface area contributed by atoms with Crippen molar-refractivity contribution in [1.82, 2.24) is 0 Å². The number of aryl methyl sites for hydroxylation is 1. The van der Waals surface area contributed by atoms with Gasteiger partial charge in [-0.25, -0.2) is 4.39 Å². The van der Waals surface area contributed by atoms with Gasteiger partial charge in [0.2, 0.25) is 0 Å². The number of carbonyl (C=O) groups is 1. The summed E-state index contributed by atoms with van der Waals surface area (Å²) in [7, 11) is 0. The second-order valence-corrected chi connectivity index (χ2v) is 5.44. The van der Waals surface area contributed by atoms with Crippen LogP contribution in [0.4, 0.5) is 10.1 Å². The summed E-state index contributed by atoms with van der Waals surface area (Å²) in [5, 5.41) is 0. The fourth-order valence-electron chi connectivity index (χ4n) is 2.83. The highest BCUT2D eigenvalue weighted by Gasteiger charge is 2.18. The van der Waals surface area contributed by atoms with Crippen molar-refractivity contribution >= 4 is 11.5 Å². The quantitative estimate of drug-likeness (QED) is 0.797. The molecule has 0 N–H and O–H groups in total. The molecule has 3 heteroatoms. The maximum atomic E-state index is 12.9. The summed E-state index contributed by atoms with van der Waals surface area (Å²) < 4.78 is 12.9. The lowest BCUT2D eigenvalue weighted by atomic mass is 10.1. The molecular formula is C18H18FNO. The van der Waals surface area contributed by atoms with Crippen molar-refractivity contribution in [1.29, 1.82) is 0 Å². The highest BCUT2D eigenvalue weighted by Crippen LogP contribution is 2.26. The van der Waals surface area contributed by atoms with Crippen LogP contribution in [0.15, 0.2) is 48.5 Å². The molecule has 0 bridgehead atoms. The van der Waals surface area contributed by atoms with Crippen molar-refractivity contribution < 1.29 is 9.18 Å². The smallest absolute Gasteiger partial charge is 0.182 e. The number of hydrogen-bond donors (Lipinski definition) is 0. The molecule has 0 atom stereocenters. The number of rotatable bonds is 3. The zero-order chi connectivity index (χ0) is 14.7. The van der Waals surface area contributed by atoms with Crippen LogP contribution in [0.2, 0.25) is 0 Å². The van der Waals surface area contributed by atoms with E-state index in [1.54, 1.807) is 12.1 Å². The topological polar surface area (TPSA) is 20.3 Å². The molecule has 0 saturated heterocycles. The van der Waals surface area contributed by atoms with Gasteiger partial charge in [-0.05, 0) is 55.2 Å². The van der Waals surface area contributed by atoms with Gasteiger partial charge in [0.15, 0.2) is 5.78 Å². The maximum Gasteiger partial charge on any atom is 0.182 e. The van der Waals surface area contributed by atoms with Crippen LogP contribution in [0, 0.1) is 5.82 Å². The fourth-order valence-corrected chi connectivity index (χ4v) is 2.83. The number of ketones is 1. The Morgan fingerprint density at radius 3 is 2.62 bits per heavy atom. The Hall–Kier alpha value is -2.16. The minimum atomic E-state index is -0.313. The number of Topliss-reactive ketones (excluding diaryl/α,β-unsaturated/α-hetero) is 1. The first kappa shape index (κ1) is 13.8. The van der Waals surface area contributed by atoms with Gasteiger partial charge in [0.1, 0.15) is 5.82 Å². The highest BCUT2D eigenvalue weighted by atomic mass is 19.1. The van der Waals surface area contributed by atoms with E-state index in [4.69, 9.17) is 0 Å². The van der Waals surface area contributed by atoms with E-state index < -0.39 is 0 Å². The number of fused-ring (bicyclic) bond motifs is 1. The predicted molar refractivity (Wildman–Crippen MR) is 82.3 cm³/mol. The number of nitrogens with zero attached hydrogens (tertiary/aromatic N) is 1. The van der Waals surface area contributed by atoms with Gasteiger partial charge in [0.05, 0.1) is 6.54 Å². The van der Waals surface area contributed by atoms with E-state index >= 15 is 0 Å². The fraction of sp³-hybridized carbons (Fsp3) is 0.278. The molecular weight excluding hydrogens is 265 g/mol. The van der Waals surface area contributed by atoms with Crippen LogP contribution in [0.5, 0.6) is 0 Å². The van der Waals surface area contributed by atoms with Gasteiger partial charge in [0, 0.05) is 17.8 Å². The molecule has 0 radical (unpaired) electrons. The molecule has 0 amide bonds. The summed E-state index contributed by atoms with van der Waals surface area (Å²) in [6.45, 7) is 1.24. The van der Waals surface area contributed by atoms with Crippen molar-refractivity contribution in [3.63, 3.8) is 0 Å². The van der Waals surface area contributed by atoms with Crippen LogP contribution in [-0.2, 0) is 6.42 Å². The third kappa shape index (κ3) is 3.13. The number of carbonyl (C=O) groups excluding carboxylic acids is 1. The van der Waals surface area contributed by atoms with Gasteiger partial charge in [-0.15, -0.1) is 0 Å². The Morgan fingerprint density at radius 1 is 1.05 bits per heavy atom. The zero-order valence-corrected chi connectivity index (χ0v) is 11.9. The molecule has 0 unspecified atom stereocenters. The van der Waals surface area contributed by atoms with Gasteiger partial charge in [0.25, 0.3) is 0 Å². The predicted octanol–water partition coefficient (Wildman–Crippen LogP) is 3.85. The molecule has 1 aliphatic rings. The lowest BCUT2D eigenvalue weighted by Gasteiger charge is -2.24. The Labute approximate surface area is 124 Å². The lowest BCUT2D eigenvalue weighted by molar-refractivity contribution is 0.0999. The van der Waals surface area contributed by atoms with Gasteiger partial charge in [-0.1, -0.05) is 18.2 Å². The van der Waals surface area contributed by atoms with Crippen LogP contribution in [-0.4, -0.2) is 18.9 Å². The van der Waals surface area contributed by atoms with Gasteiger partial charge < -0.3 is 4.90 Å². The normalized spacial score (nSPS) is 14.4. The Bertz CT molecular complexity index is 636. The second kappa shape index (κ2) is 6.08. The molecule has 3 rings (SSSR count). The van der Waals surface area contributed by atoms with Crippen molar-refractivity contribution in [3.8, 4) is 0 Å². The molecule has 0 saturated carbocycles. The first-order valence-corrected chi connectivity index (χ1v) is 7.35. The minimum absolute atomic E-state index is 0.0340. The summed E-state index contributed by atoms with van der Waals surface area (Å²) >= 11 is 0. The van der Waals surface area contributed by atoms with Crippen LogP contribution >= 0.6 is 0 Å². The van der Waals surface area contributed by atoms with Crippen LogP contribution in [0.3, 0.4) is 0 Å². The summed E-state index contributed by atoms with van der Waals surface area (Å²) in [6.07, 6.45) is 3.31. The van der Waals surface area contributed by atoms with Crippen LogP contribution in [0.25, 0.3) is 0 Å². The summed E-state index contributed by atoms with van der Waals surface area (Å²) in [5.41, 5.74) is 3.03. The molecule has 2 aromatic rings. The third-order valence-electron chi connectivity index (χ3n) is 3.96. The summed E-state index contributed by atoms with van der Waals surface area (Å²) in [4.78, 5) is 14.5. The van der Waals surface area contributed by atoms with Crippen LogP contribution in [0.1, 0.15) is 28.8 Å². The molecule has 0 aliphatic carbocycles. The molecule has 1 heterocycles. The molecule has 2 nitrogen and oxygen atoms in total. The van der Waals surface area contributed by atoms with Crippen molar-refractivity contribution in [3.05, 3.63) is 65.5 Å². The van der Waals surface area contributed by atoms with E-state index in [2.05, 4.69) is 17.0 Å². The number of halogens is 1. The van der Waals surface area contributed by atoms with E-state index in [-0.39, 0.29) is 11.6 Å². The molecule has 1 aliphatic heterocycles. The number of benzene rings is 2. The van der Waals surface area contributed by atoms with Crippen molar-refractivity contribution in [2.45, 2.75) is 19.3 Å². The van der Waals surface area contributed by atoms with Gasteiger partial charge >= 0.3 is 0 Å². The van der Waals surface area contributed by atoms with E-state index in [9.17, 15) is 9.18 Å². The first-order valence-electron chi connectivity index (χ1n) is 7.35. The zero-order valence-electron chi connectivity index (χ0n) is 11.9. The summed E-state index contributed by atoms with van der Waals surface area (Å²) in [6, 6.07) is 14.1. The average Bonchev–Trinajstić information content (AvgIpc) is 2.71. The first-order chi connectivity index (χ1) is 10.2. The Morgan fingerprint density at radius 2 is 1.81 bits per heavy atom. The maximum absolute atomic E-state index is 12.9. The van der Waals surface area contributed by atoms with Crippen LogP contribution < -0.4 is 4.90 Å². The van der Waals surface area contributed by atoms with E-state index in [1.165, 1.54) is 17.7 Å². The standard InChI is InChI=1S/C18H18FNO/c19-16-10-8-15(9-11-16)18(21)13-20-12-4-3-6-14-5-1-2-7-17(14)20/h1-2,5,7-11H,3-4,6,12-13H2.